The molecule has 1 aromatic carbocycles. The van der Waals surface area contributed by atoms with Crippen molar-refractivity contribution in [2.75, 3.05) is 5.75 Å². The Balaban J connectivity index is 1.86. The molecule has 1 saturated carbocycles. The Bertz CT molecular complexity index is 694. The van der Waals surface area contributed by atoms with E-state index in [0.717, 1.165) is 12.1 Å². The van der Waals surface area contributed by atoms with Gasteiger partial charge in [0.25, 0.3) is 0 Å². The van der Waals surface area contributed by atoms with E-state index in [1.165, 1.54) is 6.07 Å². The van der Waals surface area contributed by atoms with Gasteiger partial charge in [0.1, 0.15) is 0 Å². The zero-order valence-corrected chi connectivity index (χ0v) is 13.1. The molecule has 0 amide bonds. The first-order valence-corrected chi connectivity index (χ1v) is 8.76. The van der Waals surface area contributed by atoms with Gasteiger partial charge in [-0.25, -0.2) is 21.9 Å². The van der Waals surface area contributed by atoms with Crippen molar-refractivity contribution in [3.63, 3.8) is 0 Å². The first kappa shape index (κ1) is 16.8. The second-order valence-corrected chi connectivity index (χ2v) is 7.71. The SMILES string of the molecule is C[C@@H](CCc1ccc(F)c(F)c1)NS(=O)(=O)CC1(C#N)CC1. The van der Waals surface area contributed by atoms with E-state index in [4.69, 9.17) is 5.26 Å². The normalized spacial score (nSPS) is 17.7. The lowest BCUT2D eigenvalue weighted by Crippen LogP contribution is -2.36. The molecule has 0 bridgehead atoms. The van der Waals surface area contributed by atoms with Crippen LogP contribution >= 0.6 is 0 Å². The van der Waals surface area contributed by atoms with Crippen LogP contribution in [0.3, 0.4) is 0 Å². The van der Waals surface area contributed by atoms with Crippen LogP contribution in [-0.2, 0) is 16.4 Å². The van der Waals surface area contributed by atoms with E-state index >= 15 is 0 Å². The molecule has 1 aromatic rings. The average molecular weight is 328 g/mol. The fourth-order valence-corrected chi connectivity index (χ4v) is 4.18. The molecule has 0 unspecified atom stereocenters. The van der Waals surface area contributed by atoms with Gasteiger partial charge in [0.15, 0.2) is 11.6 Å². The summed E-state index contributed by atoms with van der Waals surface area (Å²) >= 11 is 0. The number of nitrogens with one attached hydrogen (secondary N) is 1. The minimum atomic E-state index is -3.51. The molecule has 120 valence electrons. The lowest BCUT2D eigenvalue weighted by Gasteiger charge is -2.15. The topological polar surface area (TPSA) is 70.0 Å². The molecule has 1 N–H and O–H groups in total. The second-order valence-electron chi connectivity index (χ2n) is 5.96. The monoisotopic (exact) mass is 328 g/mol. The highest BCUT2D eigenvalue weighted by Gasteiger charge is 2.47. The number of aryl methyl sites for hydroxylation is 1. The predicted molar refractivity (Wildman–Crippen MR) is 78.3 cm³/mol. The Kier molecular flexibility index (Phi) is 4.83. The molecule has 0 aromatic heterocycles. The molecule has 1 atom stereocenters. The number of rotatable bonds is 7. The van der Waals surface area contributed by atoms with Crippen LogP contribution < -0.4 is 4.72 Å². The molecule has 4 nitrogen and oxygen atoms in total. The van der Waals surface area contributed by atoms with Gasteiger partial charge in [0, 0.05) is 6.04 Å². The Morgan fingerprint density at radius 3 is 2.59 bits per heavy atom. The number of benzene rings is 1. The Hall–Kier alpha value is -1.52. The molecule has 1 aliphatic rings. The van der Waals surface area contributed by atoms with Gasteiger partial charge in [-0.05, 0) is 50.3 Å². The third-order valence-corrected chi connectivity index (χ3v) is 5.48. The Morgan fingerprint density at radius 1 is 1.36 bits per heavy atom. The number of sulfonamides is 1. The van der Waals surface area contributed by atoms with Gasteiger partial charge in [-0.1, -0.05) is 6.07 Å². The van der Waals surface area contributed by atoms with E-state index in [1.807, 2.05) is 0 Å². The summed E-state index contributed by atoms with van der Waals surface area (Å²) in [6.45, 7) is 1.71. The minimum absolute atomic E-state index is 0.175. The number of nitrogens with zero attached hydrogens (tertiary/aromatic N) is 1. The van der Waals surface area contributed by atoms with E-state index in [2.05, 4.69) is 10.8 Å². The molecular weight excluding hydrogens is 310 g/mol. The number of hydrogen-bond donors (Lipinski definition) is 1. The molecule has 2 rings (SSSR count). The maximum atomic E-state index is 13.1. The highest BCUT2D eigenvalue weighted by molar-refractivity contribution is 7.89. The van der Waals surface area contributed by atoms with Crippen molar-refractivity contribution in [3.8, 4) is 6.07 Å². The third kappa shape index (κ3) is 4.49. The van der Waals surface area contributed by atoms with Crippen LogP contribution in [0.1, 0.15) is 31.7 Å². The smallest absolute Gasteiger partial charge is 0.212 e. The Morgan fingerprint density at radius 2 is 2.05 bits per heavy atom. The largest absolute Gasteiger partial charge is 0.213 e. The predicted octanol–water partition coefficient (Wildman–Crippen LogP) is 2.51. The van der Waals surface area contributed by atoms with Gasteiger partial charge in [-0.15, -0.1) is 0 Å². The van der Waals surface area contributed by atoms with Gasteiger partial charge < -0.3 is 0 Å². The first-order chi connectivity index (χ1) is 10.3. The molecule has 22 heavy (non-hydrogen) atoms. The molecule has 0 radical (unpaired) electrons. The van der Waals surface area contributed by atoms with Gasteiger partial charge in [0.05, 0.1) is 17.2 Å². The van der Waals surface area contributed by atoms with Gasteiger partial charge in [-0.3, -0.25) is 0 Å². The van der Waals surface area contributed by atoms with E-state index < -0.39 is 27.1 Å². The summed E-state index contributed by atoms with van der Waals surface area (Å²) in [4.78, 5) is 0. The van der Waals surface area contributed by atoms with Crippen LogP contribution in [0.15, 0.2) is 18.2 Å². The van der Waals surface area contributed by atoms with Crippen molar-refractivity contribution in [2.24, 2.45) is 5.41 Å². The molecule has 0 heterocycles. The molecule has 0 saturated heterocycles. The van der Waals surface area contributed by atoms with Crippen LogP contribution in [0.5, 0.6) is 0 Å². The molecule has 1 aliphatic carbocycles. The standard InChI is InChI=1S/C15H18F2N2O2S/c1-11(2-3-12-4-5-13(16)14(17)8-12)19-22(20,21)10-15(9-18)6-7-15/h4-5,8,11,19H,2-3,6-7,10H2,1H3/t11-/m0/s1. The highest BCUT2D eigenvalue weighted by Crippen LogP contribution is 2.45. The quantitative estimate of drug-likeness (QED) is 0.836. The van der Waals surface area contributed by atoms with Crippen LogP contribution in [0.4, 0.5) is 8.78 Å². The maximum Gasteiger partial charge on any atom is 0.213 e. The first-order valence-electron chi connectivity index (χ1n) is 7.10. The van der Waals surface area contributed by atoms with Crippen molar-refractivity contribution in [1.82, 2.24) is 4.72 Å². The van der Waals surface area contributed by atoms with Crippen molar-refractivity contribution in [2.45, 2.75) is 38.6 Å². The summed E-state index contributed by atoms with van der Waals surface area (Å²) in [6, 6.07) is 5.37. The molecular formula is C15H18F2N2O2S. The lowest BCUT2D eigenvalue weighted by atomic mass is 10.1. The van der Waals surface area contributed by atoms with Gasteiger partial charge >= 0.3 is 0 Å². The van der Waals surface area contributed by atoms with Crippen molar-refractivity contribution in [1.29, 1.82) is 5.26 Å². The van der Waals surface area contributed by atoms with E-state index in [9.17, 15) is 17.2 Å². The average Bonchev–Trinajstić information content (AvgIpc) is 3.19. The third-order valence-electron chi connectivity index (χ3n) is 3.79. The maximum absolute atomic E-state index is 13.1. The number of halogens is 2. The van der Waals surface area contributed by atoms with E-state index in [0.29, 0.717) is 31.2 Å². The van der Waals surface area contributed by atoms with Gasteiger partial charge in [-0.2, -0.15) is 5.26 Å². The van der Waals surface area contributed by atoms with Crippen molar-refractivity contribution in [3.05, 3.63) is 35.4 Å². The molecule has 1 fully saturated rings. The fourth-order valence-electron chi connectivity index (χ4n) is 2.29. The molecule has 7 heteroatoms. The van der Waals surface area contributed by atoms with Crippen molar-refractivity contribution < 1.29 is 17.2 Å². The van der Waals surface area contributed by atoms with Crippen LogP contribution in [-0.4, -0.2) is 20.2 Å². The summed E-state index contributed by atoms with van der Waals surface area (Å²) in [7, 11) is -3.51. The highest BCUT2D eigenvalue weighted by atomic mass is 32.2. The van der Waals surface area contributed by atoms with Crippen LogP contribution in [0, 0.1) is 28.4 Å². The zero-order chi connectivity index (χ0) is 16.4. The summed E-state index contributed by atoms with van der Waals surface area (Å²) in [6.07, 6.45) is 2.13. The fraction of sp³-hybridized carbons (Fsp3) is 0.533. The second kappa shape index (κ2) is 6.31. The summed E-state index contributed by atoms with van der Waals surface area (Å²) < 4.78 is 52.4. The van der Waals surface area contributed by atoms with E-state index in [-0.39, 0.29) is 11.8 Å². The summed E-state index contributed by atoms with van der Waals surface area (Å²) in [5, 5.41) is 8.95. The number of nitriles is 1. The van der Waals surface area contributed by atoms with Crippen LogP contribution in [0.25, 0.3) is 0 Å². The number of hydrogen-bond acceptors (Lipinski definition) is 3. The van der Waals surface area contributed by atoms with Crippen LogP contribution in [0.2, 0.25) is 0 Å². The Labute approximate surface area is 129 Å². The van der Waals surface area contributed by atoms with E-state index in [1.54, 1.807) is 6.92 Å². The lowest BCUT2D eigenvalue weighted by molar-refractivity contribution is 0.505. The van der Waals surface area contributed by atoms with Gasteiger partial charge in [0.2, 0.25) is 10.0 Å². The zero-order valence-electron chi connectivity index (χ0n) is 12.3. The molecule has 0 spiro atoms. The minimum Gasteiger partial charge on any atom is -0.212 e. The summed E-state index contributed by atoms with van der Waals surface area (Å²) in [5.41, 5.74) is -0.105. The summed E-state index contributed by atoms with van der Waals surface area (Å²) in [5.74, 6) is -1.98. The molecule has 0 aliphatic heterocycles. The van der Waals surface area contributed by atoms with Crippen molar-refractivity contribution >= 4 is 10.0 Å².